The lowest BCUT2D eigenvalue weighted by Gasteiger charge is -2.26. The minimum Gasteiger partial charge on any atom is -0.317 e. The summed E-state index contributed by atoms with van der Waals surface area (Å²) in [5, 5.41) is 7.14. The Labute approximate surface area is 92.6 Å². The maximum Gasteiger partial charge on any atom is 0.0225 e. The van der Waals surface area contributed by atoms with Crippen molar-refractivity contribution in [1.82, 2.24) is 10.6 Å². The molecule has 0 aliphatic carbocycles. The van der Waals surface area contributed by atoms with Crippen LogP contribution in [0.3, 0.4) is 0 Å². The smallest absolute Gasteiger partial charge is 0.0225 e. The summed E-state index contributed by atoms with van der Waals surface area (Å²) in [5.41, 5.74) is 0. The predicted octanol–water partition coefficient (Wildman–Crippen LogP) is 1.86. The molecular formula is C11H24N2S. The molecule has 1 saturated heterocycles. The zero-order valence-electron chi connectivity index (χ0n) is 9.73. The maximum absolute atomic E-state index is 3.69. The second-order valence-electron chi connectivity index (χ2n) is 4.72. The molecule has 1 fully saturated rings. The first-order chi connectivity index (χ1) is 6.64. The van der Waals surface area contributed by atoms with Gasteiger partial charge in [-0.25, -0.2) is 0 Å². The quantitative estimate of drug-likeness (QED) is 0.750. The van der Waals surface area contributed by atoms with E-state index in [2.05, 4.69) is 30.7 Å². The first kappa shape index (κ1) is 12.3. The van der Waals surface area contributed by atoms with E-state index in [0.29, 0.717) is 4.75 Å². The van der Waals surface area contributed by atoms with Crippen molar-refractivity contribution in [1.29, 1.82) is 0 Å². The molecule has 1 aliphatic rings. The van der Waals surface area contributed by atoms with Gasteiger partial charge in [-0.1, -0.05) is 0 Å². The Morgan fingerprint density at radius 3 is 2.86 bits per heavy atom. The van der Waals surface area contributed by atoms with Gasteiger partial charge in [0, 0.05) is 17.3 Å². The van der Waals surface area contributed by atoms with Crippen molar-refractivity contribution < 1.29 is 0 Å². The maximum atomic E-state index is 3.69. The van der Waals surface area contributed by atoms with Crippen molar-refractivity contribution >= 4 is 11.8 Å². The second kappa shape index (κ2) is 5.99. The second-order valence-corrected chi connectivity index (χ2v) is 6.24. The van der Waals surface area contributed by atoms with E-state index in [1.54, 1.807) is 0 Å². The monoisotopic (exact) mass is 216 g/mol. The summed E-state index contributed by atoms with van der Waals surface area (Å²) in [7, 11) is 0. The molecular weight excluding hydrogens is 192 g/mol. The summed E-state index contributed by atoms with van der Waals surface area (Å²) in [6.45, 7) is 8.11. The van der Waals surface area contributed by atoms with Crippen LogP contribution in [0, 0.1) is 0 Å². The fourth-order valence-electron chi connectivity index (χ4n) is 1.69. The van der Waals surface area contributed by atoms with Crippen LogP contribution in [0.4, 0.5) is 0 Å². The van der Waals surface area contributed by atoms with E-state index in [1.165, 1.54) is 32.4 Å². The Hall–Kier alpha value is 0.270. The van der Waals surface area contributed by atoms with Gasteiger partial charge in [-0.3, -0.25) is 0 Å². The van der Waals surface area contributed by atoms with Crippen molar-refractivity contribution in [2.75, 3.05) is 25.9 Å². The molecule has 0 aromatic carbocycles. The van der Waals surface area contributed by atoms with Crippen LogP contribution in [0.25, 0.3) is 0 Å². The Balaban J connectivity index is 2.22. The van der Waals surface area contributed by atoms with Crippen molar-refractivity contribution in [3.63, 3.8) is 0 Å². The Bertz CT molecular complexity index is 151. The van der Waals surface area contributed by atoms with Gasteiger partial charge in [0.2, 0.25) is 0 Å². The number of nitrogens with one attached hydrogen (secondary N) is 2. The van der Waals surface area contributed by atoms with Crippen LogP contribution in [0.15, 0.2) is 0 Å². The van der Waals surface area contributed by atoms with Gasteiger partial charge in [-0.15, -0.1) is 0 Å². The zero-order chi connectivity index (χ0) is 10.4. The molecule has 3 heteroatoms. The average molecular weight is 216 g/mol. The molecule has 0 aromatic heterocycles. The van der Waals surface area contributed by atoms with Gasteiger partial charge in [-0.05, 0) is 52.5 Å². The minimum absolute atomic E-state index is 0.375. The van der Waals surface area contributed by atoms with Crippen LogP contribution in [0.5, 0.6) is 0 Å². The lowest BCUT2D eigenvalue weighted by atomic mass is 10.1. The van der Waals surface area contributed by atoms with Gasteiger partial charge in [0.05, 0.1) is 0 Å². The van der Waals surface area contributed by atoms with Crippen LogP contribution in [-0.4, -0.2) is 36.7 Å². The fraction of sp³-hybridized carbons (Fsp3) is 1.00. The molecule has 1 rings (SSSR count). The molecule has 1 atom stereocenters. The molecule has 0 saturated carbocycles. The first-order valence-corrected chi connectivity index (χ1v) is 6.86. The Kier molecular flexibility index (Phi) is 5.28. The van der Waals surface area contributed by atoms with E-state index in [9.17, 15) is 0 Å². The summed E-state index contributed by atoms with van der Waals surface area (Å²) in [6, 6.07) is 0.733. The molecule has 1 unspecified atom stereocenters. The normalized spacial score (nSPS) is 24.6. The molecule has 1 aliphatic heterocycles. The molecule has 0 radical (unpaired) electrons. The lowest BCUT2D eigenvalue weighted by Crippen LogP contribution is -2.39. The summed E-state index contributed by atoms with van der Waals surface area (Å²) < 4.78 is 0.375. The summed E-state index contributed by atoms with van der Waals surface area (Å²) >= 11 is 1.94. The van der Waals surface area contributed by atoms with E-state index in [1.807, 2.05) is 11.8 Å². The molecule has 2 nitrogen and oxygen atoms in total. The van der Waals surface area contributed by atoms with Gasteiger partial charge in [0.15, 0.2) is 0 Å². The molecule has 0 aromatic rings. The van der Waals surface area contributed by atoms with E-state index < -0.39 is 0 Å². The predicted molar refractivity (Wildman–Crippen MR) is 66.1 cm³/mol. The first-order valence-electron chi connectivity index (χ1n) is 5.63. The van der Waals surface area contributed by atoms with Crippen LogP contribution in [-0.2, 0) is 0 Å². The van der Waals surface area contributed by atoms with E-state index >= 15 is 0 Å². The fourth-order valence-corrected chi connectivity index (χ4v) is 1.91. The van der Waals surface area contributed by atoms with E-state index in [-0.39, 0.29) is 0 Å². The van der Waals surface area contributed by atoms with Crippen LogP contribution >= 0.6 is 11.8 Å². The molecule has 14 heavy (non-hydrogen) atoms. The SMILES string of the molecule is CSC(C)(C)CNC1CCCNCC1. The third-order valence-electron chi connectivity index (χ3n) is 2.94. The number of rotatable bonds is 4. The third kappa shape index (κ3) is 4.67. The number of hydrogen-bond acceptors (Lipinski definition) is 3. The topological polar surface area (TPSA) is 24.1 Å². The number of hydrogen-bond donors (Lipinski definition) is 2. The van der Waals surface area contributed by atoms with Gasteiger partial charge in [0.25, 0.3) is 0 Å². The van der Waals surface area contributed by atoms with Gasteiger partial charge in [-0.2, -0.15) is 11.8 Å². The Morgan fingerprint density at radius 1 is 1.36 bits per heavy atom. The summed E-state index contributed by atoms with van der Waals surface area (Å²) in [4.78, 5) is 0. The highest BCUT2D eigenvalue weighted by Gasteiger charge is 2.18. The molecule has 1 heterocycles. The molecule has 0 amide bonds. The lowest BCUT2D eigenvalue weighted by molar-refractivity contribution is 0.447. The standard InChI is InChI=1S/C11H24N2S/c1-11(2,14-3)9-13-10-5-4-7-12-8-6-10/h10,12-13H,4-9H2,1-3H3. The molecule has 84 valence electrons. The van der Waals surface area contributed by atoms with E-state index in [4.69, 9.17) is 0 Å². The Morgan fingerprint density at radius 2 is 2.14 bits per heavy atom. The van der Waals surface area contributed by atoms with Crippen LogP contribution in [0.1, 0.15) is 33.1 Å². The highest BCUT2D eigenvalue weighted by molar-refractivity contribution is 7.99. The van der Waals surface area contributed by atoms with Crippen molar-refractivity contribution in [2.24, 2.45) is 0 Å². The number of thioether (sulfide) groups is 1. The van der Waals surface area contributed by atoms with Gasteiger partial charge < -0.3 is 10.6 Å². The van der Waals surface area contributed by atoms with Crippen LogP contribution < -0.4 is 10.6 Å². The zero-order valence-corrected chi connectivity index (χ0v) is 10.5. The van der Waals surface area contributed by atoms with Crippen molar-refractivity contribution in [3.05, 3.63) is 0 Å². The summed E-state index contributed by atoms with van der Waals surface area (Å²) in [6.07, 6.45) is 6.12. The molecule has 2 N–H and O–H groups in total. The highest BCUT2D eigenvalue weighted by Crippen LogP contribution is 2.20. The largest absolute Gasteiger partial charge is 0.317 e. The minimum atomic E-state index is 0.375. The third-order valence-corrected chi connectivity index (χ3v) is 4.19. The van der Waals surface area contributed by atoms with Gasteiger partial charge in [0.1, 0.15) is 0 Å². The van der Waals surface area contributed by atoms with Crippen molar-refractivity contribution in [3.8, 4) is 0 Å². The van der Waals surface area contributed by atoms with Crippen molar-refractivity contribution in [2.45, 2.75) is 43.9 Å². The van der Waals surface area contributed by atoms with E-state index in [0.717, 1.165) is 12.6 Å². The van der Waals surface area contributed by atoms with Gasteiger partial charge >= 0.3 is 0 Å². The molecule has 0 spiro atoms. The van der Waals surface area contributed by atoms with Crippen LogP contribution in [0.2, 0.25) is 0 Å². The highest BCUT2D eigenvalue weighted by atomic mass is 32.2. The average Bonchev–Trinajstić information content (AvgIpc) is 2.43. The summed E-state index contributed by atoms with van der Waals surface area (Å²) in [5.74, 6) is 0. The molecule has 0 bridgehead atoms.